The summed E-state index contributed by atoms with van der Waals surface area (Å²) >= 11 is 5.89. The van der Waals surface area contributed by atoms with Crippen LogP contribution in [0, 0.1) is 0 Å². The molecule has 0 radical (unpaired) electrons. The molecule has 27 heavy (non-hydrogen) atoms. The second kappa shape index (κ2) is 7.09. The van der Waals surface area contributed by atoms with Crippen molar-refractivity contribution in [3.63, 3.8) is 0 Å². The number of pyridine rings is 1. The van der Waals surface area contributed by atoms with E-state index in [0.717, 1.165) is 5.69 Å². The number of nitrogens with zero attached hydrogens (tertiary/aromatic N) is 3. The Hall–Kier alpha value is -3.38. The third-order valence-electron chi connectivity index (χ3n) is 4.03. The number of ether oxygens (including phenoxy) is 1. The minimum atomic E-state index is -0.479. The van der Waals surface area contributed by atoms with Crippen LogP contribution < -0.4 is 5.56 Å². The Bertz CT molecular complexity index is 1170. The Labute approximate surface area is 159 Å². The van der Waals surface area contributed by atoms with Gasteiger partial charge in [0.05, 0.1) is 16.3 Å². The maximum absolute atomic E-state index is 12.3. The topological polar surface area (TPSA) is 65.6 Å². The average Bonchev–Trinajstić information content (AvgIpc) is 3.22. The molecule has 0 atom stereocenters. The van der Waals surface area contributed by atoms with Crippen molar-refractivity contribution in [2.45, 2.75) is 6.61 Å². The number of halogens is 1. The molecule has 0 saturated heterocycles. The molecule has 1 aromatic carbocycles. The van der Waals surface area contributed by atoms with E-state index in [1.54, 1.807) is 24.3 Å². The molecule has 3 heterocycles. The molecule has 7 heteroatoms. The predicted octanol–water partition coefficient (Wildman–Crippen LogP) is 3.50. The second-order valence-corrected chi connectivity index (χ2v) is 6.31. The number of benzene rings is 1. The van der Waals surface area contributed by atoms with Crippen molar-refractivity contribution in [1.29, 1.82) is 0 Å². The molecule has 134 valence electrons. The molecule has 0 N–H and O–H groups in total. The summed E-state index contributed by atoms with van der Waals surface area (Å²) in [7, 11) is 0. The molecule has 0 amide bonds. The van der Waals surface area contributed by atoms with Crippen LogP contribution in [-0.2, 0) is 11.3 Å². The molecule has 0 fully saturated rings. The van der Waals surface area contributed by atoms with Crippen LogP contribution in [0.1, 0.15) is 16.1 Å². The molecular weight excluding hydrogens is 366 g/mol. The zero-order chi connectivity index (χ0) is 18.8. The molecule has 0 unspecified atom stereocenters. The molecule has 0 spiro atoms. The Morgan fingerprint density at radius 3 is 2.56 bits per heavy atom. The van der Waals surface area contributed by atoms with E-state index in [-0.39, 0.29) is 12.2 Å². The van der Waals surface area contributed by atoms with Gasteiger partial charge in [0.15, 0.2) is 0 Å². The zero-order valence-corrected chi connectivity index (χ0v) is 14.8. The first kappa shape index (κ1) is 17.1. The van der Waals surface area contributed by atoms with E-state index >= 15 is 0 Å². The van der Waals surface area contributed by atoms with E-state index in [1.165, 1.54) is 16.7 Å². The predicted molar refractivity (Wildman–Crippen MR) is 101 cm³/mol. The lowest BCUT2D eigenvalue weighted by atomic mass is 10.2. The smallest absolute Gasteiger partial charge is 0.338 e. The molecule has 0 aliphatic carbocycles. The molecular formula is C20H14ClN3O3. The molecule has 0 saturated carbocycles. The number of rotatable bonds is 4. The van der Waals surface area contributed by atoms with Gasteiger partial charge in [-0.1, -0.05) is 11.6 Å². The van der Waals surface area contributed by atoms with Crippen molar-refractivity contribution in [3.8, 4) is 5.69 Å². The monoisotopic (exact) mass is 379 g/mol. The summed E-state index contributed by atoms with van der Waals surface area (Å²) in [5.74, 6) is -0.479. The highest BCUT2D eigenvalue weighted by molar-refractivity contribution is 6.30. The summed E-state index contributed by atoms with van der Waals surface area (Å²) in [5, 5.41) is 0.439. The van der Waals surface area contributed by atoms with Crippen molar-refractivity contribution < 1.29 is 9.53 Å². The summed E-state index contributed by atoms with van der Waals surface area (Å²) in [5.41, 5.74) is 1.90. The number of carbonyl (C=O) groups is 1. The lowest BCUT2D eigenvalue weighted by molar-refractivity contribution is 0.0467. The van der Waals surface area contributed by atoms with Crippen molar-refractivity contribution >= 4 is 23.2 Å². The van der Waals surface area contributed by atoms with Crippen molar-refractivity contribution in [2.75, 3.05) is 0 Å². The number of carbonyl (C=O) groups excluding carboxylic acids is 1. The third-order valence-corrected chi connectivity index (χ3v) is 4.26. The van der Waals surface area contributed by atoms with Crippen LogP contribution in [0.4, 0.5) is 0 Å². The minimum Gasteiger partial charge on any atom is -0.456 e. The lowest BCUT2D eigenvalue weighted by Crippen LogP contribution is -2.16. The van der Waals surface area contributed by atoms with Gasteiger partial charge in [0.25, 0.3) is 5.56 Å². The first-order valence-corrected chi connectivity index (χ1v) is 8.56. The Balaban J connectivity index is 1.48. The van der Waals surface area contributed by atoms with Gasteiger partial charge in [-0.3, -0.25) is 9.20 Å². The van der Waals surface area contributed by atoms with E-state index in [2.05, 4.69) is 4.98 Å². The fourth-order valence-corrected chi connectivity index (χ4v) is 2.86. The first-order chi connectivity index (χ1) is 13.1. The SMILES string of the molecule is O=C(OCc1cc(=O)n2cc(Cl)ccc2n1)c1ccc(-n2cccc2)cc1. The highest BCUT2D eigenvalue weighted by Crippen LogP contribution is 2.12. The summed E-state index contributed by atoms with van der Waals surface area (Å²) in [4.78, 5) is 28.7. The van der Waals surface area contributed by atoms with Gasteiger partial charge in [0, 0.05) is 30.3 Å². The van der Waals surface area contributed by atoms with E-state index in [4.69, 9.17) is 16.3 Å². The van der Waals surface area contributed by atoms with Crippen LogP contribution in [0.2, 0.25) is 5.02 Å². The molecule has 4 aromatic rings. The number of hydrogen-bond acceptors (Lipinski definition) is 4. The summed E-state index contributed by atoms with van der Waals surface area (Å²) in [6.45, 7) is -0.0907. The van der Waals surface area contributed by atoms with Crippen LogP contribution in [0.25, 0.3) is 11.3 Å². The largest absolute Gasteiger partial charge is 0.456 e. The lowest BCUT2D eigenvalue weighted by Gasteiger charge is -2.07. The van der Waals surface area contributed by atoms with E-state index in [0.29, 0.717) is 21.9 Å². The maximum Gasteiger partial charge on any atom is 0.338 e. The van der Waals surface area contributed by atoms with Gasteiger partial charge in [-0.05, 0) is 48.5 Å². The third kappa shape index (κ3) is 3.61. The van der Waals surface area contributed by atoms with Crippen LogP contribution in [0.5, 0.6) is 0 Å². The number of hydrogen-bond donors (Lipinski definition) is 0. The normalized spacial score (nSPS) is 10.9. The Morgan fingerprint density at radius 1 is 1.07 bits per heavy atom. The van der Waals surface area contributed by atoms with Gasteiger partial charge in [-0.25, -0.2) is 9.78 Å². The molecule has 0 aliphatic rings. The number of esters is 1. The van der Waals surface area contributed by atoms with Gasteiger partial charge in [0.2, 0.25) is 0 Å². The molecule has 3 aromatic heterocycles. The molecule has 0 bridgehead atoms. The van der Waals surface area contributed by atoms with Crippen molar-refractivity contribution in [3.05, 3.63) is 99.8 Å². The minimum absolute atomic E-state index is 0.0907. The van der Waals surface area contributed by atoms with Gasteiger partial charge >= 0.3 is 5.97 Å². The summed E-state index contributed by atoms with van der Waals surface area (Å²) in [6, 6.07) is 15.5. The average molecular weight is 380 g/mol. The standard InChI is InChI=1S/C20H14ClN3O3/c21-15-5-8-18-22-16(11-19(25)24(18)12-15)13-27-20(26)14-3-6-17(7-4-14)23-9-1-2-10-23/h1-12H,13H2. The Kier molecular flexibility index (Phi) is 4.48. The fourth-order valence-electron chi connectivity index (χ4n) is 2.70. The van der Waals surface area contributed by atoms with E-state index < -0.39 is 5.97 Å². The van der Waals surface area contributed by atoms with Gasteiger partial charge < -0.3 is 9.30 Å². The zero-order valence-electron chi connectivity index (χ0n) is 14.1. The van der Waals surface area contributed by atoms with Gasteiger partial charge in [-0.2, -0.15) is 0 Å². The van der Waals surface area contributed by atoms with Crippen LogP contribution in [-0.4, -0.2) is 19.9 Å². The van der Waals surface area contributed by atoms with Crippen LogP contribution in [0.3, 0.4) is 0 Å². The highest BCUT2D eigenvalue weighted by Gasteiger charge is 2.10. The van der Waals surface area contributed by atoms with Crippen molar-refractivity contribution in [2.24, 2.45) is 0 Å². The van der Waals surface area contributed by atoms with Crippen molar-refractivity contribution in [1.82, 2.24) is 14.0 Å². The number of aromatic nitrogens is 3. The maximum atomic E-state index is 12.3. The number of fused-ring (bicyclic) bond motifs is 1. The van der Waals surface area contributed by atoms with Crippen LogP contribution in [0.15, 0.2) is 78.0 Å². The summed E-state index contributed by atoms with van der Waals surface area (Å²) < 4.78 is 8.57. The van der Waals surface area contributed by atoms with Gasteiger partial charge in [0.1, 0.15) is 12.3 Å². The Morgan fingerprint density at radius 2 is 1.81 bits per heavy atom. The molecule has 4 rings (SSSR count). The van der Waals surface area contributed by atoms with E-state index in [1.807, 2.05) is 41.2 Å². The molecule has 6 nitrogen and oxygen atoms in total. The highest BCUT2D eigenvalue weighted by atomic mass is 35.5. The second-order valence-electron chi connectivity index (χ2n) is 5.87. The fraction of sp³-hybridized carbons (Fsp3) is 0.0500. The van der Waals surface area contributed by atoms with E-state index in [9.17, 15) is 9.59 Å². The quantitative estimate of drug-likeness (QED) is 0.509. The summed E-state index contributed by atoms with van der Waals surface area (Å²) in [6.07, 6.45) is 5.34. The first-order valence-electron chi connectivity index (χ1n) is 8.18. The van der Waals surface area contributed by atoms with Crippen LogP contribution >= 0.6 is 11.6 Å². The molecule has 0 aliphatic heterocycles. The van der Waals surface area contributed by atoms with Gasteiger partial charge in [-0.15, -0.1) is 0 Å².